The molecule has 0 aromatic carbocycles. The summed E-state index contributed by atoms with van der Waals surface area (Å²) in [4.78, 5) is 23.5. The van der Waals surface area contributed by atoms with E-state index < -0.39 is 4.92 Å². The maximum Gasteiger partial charge on any atom is 0.290 e. The zero-order valence-corrected chi connectivity index (χ0v) is 14.2. The minimum Gasteiger partial charge on any atom is -0.377 e. The number of nitro groups is 1. The first-order chi connectivity index (χ1) is 12.1. The first-order valence-electron chi connectivity index (χ1n) is 7.96. The Hall–Kier alpha value is -2.59. The number of hydrogen-bond acceptors (Lipinski definition) is 9. The number of anilines is 1. The summed E-state index contributed by atoms with van der Waals surface area (Å²) in [6, 6.07) is 3.22. The van der Waals surface area contributed by atoms with Gasteiger partial charge >= 0.3 is 0 Å². The van der Waals surface area contributed by atoms with Crippen LogP contribution in [0.25, 0.3) is 0 Å². The van der Waals surface area contributed by atoms with Crippen molar-refractivity contribution in [1.82, 2.24) is 20.0 Å². The van der Waals surface area contributed by atoms with E-state index in [1.54, 1.807) is 20.1 Å². The zero-order chi connectivity index (χ0) is 17.8. The number of aromatic nitrogens is 3. The Morgan fingerprint density at radius 1 is 1.28 bits per heavy atom. The van der Waals surface area contributed by atoms with Crippen molar-refractivity contribution in [2.45, 2.75) is 20.1 Å². The highest BCUT2D eigenvalue weighted by Gasteiger charge is 2.21. The Labute approximate surface area is 144 Å². The number of aryl methyl sites for hydroxylation is 1. The summed E-state index contributed by atoms with van der Waals surface area (Å²) in [6.45, 7) is 5.79. The molecular formula is C15H20N6O4. The zero-order valence-electron chi connectivity index (χ0n) is 14.2. The lowest BCUT2D eigenvalue weighted by atomic mass is 10.2. The van der Waals surface area contributed by atoms with Gasteiger partial charge in [0.05, 0.1) is 11.5 Å². The molecule has 0 atom stereocenters. The number of methoxy groups -OCH3 is 1. The van der Waals surface area contributed by atoms with E-state index in [1.807, 2.05) is 0 Å². The van der Waals surface area contributed by atoms with Crippen molar-refractivity contribution in [3.05, 3.63) is 39.7 Å². The molecule has 0 spiro atoms. The van der Waals surface area contributed by atoms with Crippen molar-refractivity contribution in [1.29, 1.82) is 0 Å². The Morgan fingerprint density at radius 2 is 2.04 bits per heavy atom. The average molecular weight is 348 g/mol. The minimum absolute atomic E-state index is 0.0469. The summed E-state index contributed by atoms with van der Waals surface area (Å²) >= 11 is 0. The van der Waals surface area contributed by atoms with Crippen molar-refractivity contribution in [3.63, 3.8) is 0 Å². The van der Waals surface area contributed by atoms with E-state index in [9.17, 15) is 10.1 Å². The van der Waals surface area contributed by atoms with Crippen LogP contribution < -0.4 is 4.90 Å². The van der Waals surface area contributed by atoms with Gasteiger partial charge in [0.2, 0.25) is 5.89 Å². The van der Waals surface area contributed by atoms with Gasteiger partial charge in [-0.1, -0.05) is 5.16 Å². The van der Waals surface area contributed by atoms with Gasteiger partial charge in [0.25, 0.3) is 5.69 Å². The van der Waals surface area contributed by atoms with Crippen molar-refractivity contribution in [3.8, 4) is 0 Å². The average Bonchev–Trinajstić information content (AvgIpc) is 3.02. The second-order valence-corrected chi connectivity index (χ2v) is 5.83. The fraction of sp³-hybridized carbons (Fsp3) is 0.533. The number of rotatable bonds is 6. The lowest BCUT2D eigenvalue weighted by molar-refractivity contribution is -0.385. The van der Waals surface area contributed by atoms with Gasteiger partial charge in [0.15, 0.2) is 5.82 Å². The molecule has 134 valence electrons. The molecule has 25 heavy (non-hydrogen) atoms. The molecule has 0 radical (unpaired) electrons. The highest BCUT2D eigenvalue weighted by molar-refractivity contribution is 5.47. The summed E-state index contributed by atoms with van der Waals surface area (Å²) in [7, 11) is 1.59. The van der Waals surface area contributed by atoms with Crippen LogP contribution in [0.4, 0.5) is 11.5 Å². The molecule has 0 amide bonds. The predicted octanol–water partition coefficient (Wildman–Crippen LogP) is 1.15. The summed E-state index contributed by atoms with van der Waals surface area (Å²) in [5.41, 5.74) is 0.479. The minimum atomic E-state index is -0.410. The molecule has 0 saturated carbocycles. The van der Waals surface area contributed by atoms with Crippen molar-refractivity contribution in [2.24, 2.45) is 0 Å². The molecule has 3 heterocycles. The molecule has 1 aliphatic heterocycles. The van der Waals surface area contributed by atoms with Crippen molar-refractivity contribution in [2.75, 3.05) is 38.2 Å². The highest BCUT2D eigenvalue weighted by atomic mass is 16.6. The molecule has 1 fully saturated rings. The van der Waals surface area contributed by atoms with E-state index in [1.165, 1.54) is 6.07 Å². The third-order valence-electron chi connectivity index (χ3n) is 4.08. The van der Waals surface area contributed by atoms with Crippen LogP contribution in [-0.4, -0.2) is 58.2 Å². The first-order valence-corrected chi connectivity index (χ1v) is 7.96. The van der Waals surface area contributed by atoms with Gasteiger partial charge in [0.1, 0.15) is 18.1 Å². The molecular weight excluding hydrogens is 328 g/mol. The van der Waals surface area contributed by atoms with E-state index in [0.29, 0.717) is 30.6 Å². The maximum absolute atomic E-state index is 10.9. The topological polar surface area (TPSA) is 111 Å². The molecule has 1 aliphatic rings. The van der Waals surface area contributed by atoms with Crippen molar-refractivity contribution < 1.29 is 14.2 Å². The molecule has 10 nitrogen and oxygen atoms in total. The van der Waals surface area contributed by atoms with Crippen LogP contribution in [0.15, 0.2) is 16.7 Å². The van der Waals surface area contributed by atoms with Gasteiger partial charge in [-0.05, 0) is 13.0 Å². The number of piperazine rings is 1. The van der Waals surface area contributed by atoms with E-state index in [2.05, 4.69) is 24.9 Å². The van der Waals surface area contributed by atoms with Gasteiger partial charge in [-0.2, -0.15) is 4.98 Å². The van der Waals surface area contributed by atoms with Gasteiger partial charge in [-0.25, -0.2) is 4.98 Å². The van der Waals surface area contributed by atoms with Gasteiger partial charge in [-0.15, -0.1) is 0 Å². The summed E-state index contributed by atoms with van der Waals surface area (Å²) < 4.78 is 10.2. The van der Waals surface area contributed by atoms with Crippen LogP contribution in [0.1, 0.15) is 17.4 Å². The quantitative estimate of drug-likeness (QED) is 0.560. The second-order valence-electron chi connectivity index (χ2n) is 5.83. The number of nitrogens with zero attached hydrogens (tertiary/aromatic N) is 6. The Balaban J connectivity index is 1.56. The third kappa shape index (κ3) is 4.09. The van der Waals surface area contributed by atoms with E-state index >= 15 is 0 Å². The van der Waals surface area contributed by atoms with Crippen LogP contribution in [0.2, 0.25) is 0 Å². The summed E-state index contributed by atoms with van der Waals surface area (Å²) in [5.74, 6) is 1.88. The Bertz CT molecular complexity index is 741. The van der Waals surface area contributed by atoms with Crippen LogP contribution in [0, 0.1) is 17.0 Å². The monoisotopic (exact) mass is 348 g/mol. The molecule has 10 heteroatoms. The van der Waals surface area contributed by atoms with E-state index in [0.717, 1.165) is 32.0 Å². The molecule has 1 saturated heterocycles. The number of pyridine rings is 1. The fourth-order valence-electron chi connectivity index (χ4n) is 2.78. The van der Waals surface area contributed by atoms with Crippen LogP contribution >= 0.6 is 0 Å². The Kier molecular flexibility index (Phi) is 5.19. The summed E-state index contributed by atoms with van der Waals surface area (Å²) in [6.07, 6.45) is 0. The van der Waals surface area contributed by atoms with E-state index in [-0.39, 0.29) is 5.69 Å². The van der Waals surface area contributed by atoms with Crippen LogP contribution in [0.3, 0.4) is 0 Å². The molecule has 2 aromatic rings. The summed E-state index contributed by atoms with van der Waals surface area (Å²) in [5, 5.41) is 14.7. The van der Waals surface area contributed by atoms with Crippen LogP contribution in [-0.2, 0) is 17.9 Å². The highest BCUT2D eigenvalue weighted by Crippen LogP contribution is 2.21. The SMILES string of the molecule is COCc1noc(CN2CCN(c3ccc([N+](=O)[O-])c(C)n3)CC2)n1. The van der Waals surface area contributed by atoms with Gasteiger partial charge in [-0.3, -0.25) is 15.0 Å². The molecule has 0 unspecified atom stereocenters. The van der Waals surface area contributed by atoms with Gasteiger partial charge < -0.3 is 14.2 Å². The Morgan fingerprint density at radius 3 is 2.68 bits per heavy atom. The predicted molar refractivity (Wildman–Crippen MR) is 88.1 cm³/mol. The lowest BCUT2D eigenvalue weighted by Crippen LogP contribution is -2.46. The number of hydrogen-bond donors (Lipinski definition) is 0. The third-order valence-corrected chi connectivity index (χ3v) is 4.08. The molecule has 0 bridgehead atoms. The second kappa shape index (κ2) is 7.53. The molecule has 3 rings (SSSR count). The van der Waals surface area contributed by atoms with Crippen LogP contribution in [0.5, 0.6) is 0 Å². The first kappa shape index (κ1) is 17.2. The molecule has 2 aromatic heterocycles. The normalized spacial score (nSPS) is 15.5. The lowest BCUT2D eigenvalue weighted by Gasteiger charge is -2.34. The number of ether oxygens (including phenoxy) is 1. The van der Waals surface area contributed by atoms with E-state index in [4.69, 9.17) is 9.26 Å². The largest absolute Gasteiger partial charge is 0.377 e. The fourth-order valence-corrected chi connectivity index (χ4v) is 2.78. The maximum atomic E-state index is 10.9. The molecule has 0 N–H and O–H groups in total. The standard InChI is InChI=1S/C15H20N6O4/c1-11-12(21(22)23)3-4-14(16-11)20-7-5-19(6-8-20)9-15-17-13(10-24-2)18-25-15/h3-4H,5-10H2,1-2H3. The van der Waals surface area contributed by atoms with Gasteiger partial charge in [0, 0.05) is 39.4 Å². The van der Waals surface area contributed by atoms with Crippen molar-refractivity contribution >= 4 is 11.5 Å². The smallest absolute Gasteiger partial charge is 0.290 e. The molecule has 0 aliphatic carbocycles.